The van der Waals surface area contributed by atoms with E-state index in [1.165, 1.54) is 75.3 Å². The molecule has 53 heavy (non-hydrogen) atoms. The molecule has 0 radical (unpaired) electrons. The molecule has 284 valence electrons. The fourth-order valence-corrected chi connectivity index (χ4v) is 9.23. The highest BCUT2D eigenvalue weighted by Gasteiger charge is 2.30. The fraction of sp³-hybridized carbons (Fsp3) is 0.520. The molecule has 0 amide bonds. The molecule has 2 saturated carbocycles. The fourth-order valence-electron chi connectivity index (χ4n) is 9.23. The van der Waals surface area contributed by atoms with E-state index in [1.54, 1.807) is 12.1 Å². The van der Waals surface area contributed by atoms with Gasteiger partial charge in [0.05, 0.1) is 0 Å². The van der Waals surface area contributed by atoms with Gasteiger partial charge in [-0.3, -0.25) is 0 Å². The maximum absolute atomic E-state index is 16.6. The van der Waals surface area contributed by atoms with Crippen molar-refractivity contribution >= 4 is 0 Å². The summed E-state index contributed by atoms with van der Waals surface area (Å²) in [5.74, 6) is 1.91. The predicted octanol–water partition coefficient (Wildman–Crippen LogP) is 14.9. The Morgan fingerprint density at radius 2 is 0.887 bits per heavy atom. The van der Waals surface area contributed by atoms with E-state index in [0.717, 1.165) is 72.6 Å². The quantitative estimate of drug-likeness (QED) is 0.112. The second-order valence-electron chi connectivity index (χ2n) is 16.4. The summed E-state index contributed by atoms with van der Waals surface area (Å²) >= 11 is 0. The topological polar surface area (TPSA) is 9.23 Å². The minimum Gasteiger partial charge on any atom is -0.356 e. The number of aryl methyl sites for hydroxylation is 2. The molecule has 0 aliphatic heterocycles. The van der Waals surface area contributed by atoms with Gasteiger partial charge in [0.25, 0.3) is 0 Å². The zero-order chi connectivity index (χ0) is 37.2. The molecule has 0 bridgehead atoms. The number of unbranched alkanes of at least 4 members (excludes halogenated alkanes) is 2. The number of hydrogen-bond acceptors (Lipinski definition) is 1. The average Bonchev–Trinajstić information content (AvgIpc) is 3.21. The van der Waals surface area contributed by atoms with Crippen LogP contribution in [0.1, 0.15) is 186 Å². The summed E-state index contributed by atoms with van der Waals surface area (Å²) in [6.07, 6.45) is 17.5. The van der Waals surface area contributed by atoms with Crippen LogP contribution in [0.15, 0.2) is 84.9 Å². The van der Waals surface area contributed by atoms with Crippen molar-refractivity contribution in [3.05, 3.63) is 141 Å². The van der Waals surface area contributed by atoms with Gasteiger partial charge in [0, 0.05) is 11.1 Å². The molecule has 0 spiro atoms. The van der Waals surface area contributed by atoms with Gasteiger partial charge in [0.1, 0.15) is 23.8 Å². The van der Waals surface area contributed by atoms with E-state index in [-0.39, 0.29) is 11.6 Å². The first-order valence-electron chi connectivity index (χ1n) is 21.3. The van der Waals surface area contributed by atoms with Crippen molar-refractivity contribution < 1.29 is 13.5 Å². The third kappa shape index (κ3) is 10.1. The van der Waals surface area contributed by atoms with Gasteiger partial charge in [-0.2, -0.15) is 0 Å². The Hall–Kier alpha value is -3.30. The summed E-state index contributed by atoms with van der Waals surface area (Å²) < 4.78 is 40.2. The normalized spacial score (nSPS) is 21.7. The van der Waals surface area contributed by atoms with Gasteiger partial charge in [-0.1, -0.05) is 139 Å². The smallest absolute Gasteiger partial charge is 0.129 e. The summed E-state index contributed by atoms with van der Waals surface area (Å²) in [5, 5.41) is 0. The molecule has 0 N–H and O–H groups in total. The first kappa shape index (κ1) is 39.4. The largest absolute Gasteiger partial charge is 0.356 e. The van der Waals surface area contributed by atoms with Crippen molar-refractivity contribution in [2.45, 2.75) is 154 Å². The van der Waals surface area contributed by atoms with Crippen LogP contribution in [0.4, 0.5) is 8.78 Å². The van der Waals surface area contributed by atoms with Crippen LogP contribution in [0.2, 0.25) is 0 Å². The highest BCUT2D eigenvalue weighted by molar-refractivity contribution is 5.39. The molecule has 0 heterocycles. The van der Waals surface area contributed by atoms with Gasteiger partial charge < -0.3 is 4.74 Å². The van der Waals surface area contributed by atoms with Crippen molar-refractivity contribution in [3.63, 3.8) is 0 Å². The van der Waals surface area contributed by atoms with Gasteiger partial charge in [-0.15, -0.1) is 0 Å². The van der Waals surface area contributed by atoms with Gasteiger partial charge >= 0.3 is 0 Å². The standard InChI is InChI=1S/C50H64F2O/c1-5-9-11-37-17-21-39(22-18-37)43-29-31-45(47(51)33-43)49(41-25-13-35(7-3)14-26-41)53-50(42-27-15-36(8-4)16-28-42)46-32-30-44(34-48(46)52)40-23-19-38(20-24-40)12-10-6-2/h13-16,25-34,37-40,49-50H,5-12,17-24H2,1-4H3/t37-,38-,39-,40-,49?,50?. The lowest BCUT2D eigenvalue weighted by atomic mass is 9.77. The van der Waals surface area contributed by atoms with Crippen molar-refractivity contribution in [1.29, 1.82) is 0 Å². The lowest BCUT2D eigenvalue weighted by Gasteiger charge is -2.31. The Morgan fingerprint density at radius 1 is 0.509 bits per heavy atom. The molecule has 3 heteroatoms. The molecule has 2 fully saturated rings. The molecule has 2 aliphatic carbocycles. The van der Waals surface area contributed by atoms with E-state index in [0.29, 0.717) is 23.0 Å². The number of benzene rings is 4. The second-order valence-corrected chi connectivity index (χ2v) is 16.4. The van der Waals surface area contributed by atoms with E-state index >= 15 is 8.78 Å². The van der Waals surface area contributed by atoms with Crippen LogP contribution in [0.5, 0.6) is 0 Å². The van der Waals surface area contributed by atoms with Crippen LogP contribution < -0.4 is 0 Å². The number of ether oxygens (including phenoxy) is 1. The monoisotopic (exact) mass is 718 g/mol. The van der Waals surface area contributed by atoms with Crippen LogP contribution in [0.25, 0.3) is 0 Å². The maximum atomic E-state index is 16.6. The molecule has 2 atom stereocenters. The summed E-state index contributed by atoms with van der Waals surface area (Å²) in [6, 6.07) is 28.3. The Bertz CT molecular complexity index is 1570. The van der Waals surface area contributed by atoms with Gasteiger partial charge in [0.2, 0.25) is 0 Å². The zero-order valence-corrected chi connectivity index (χ0v) is 33.0. The van der Waals surface area contributed by atoms with Gasteiger partial charge in [-0.25, -0.2) is 8.78 Å². The summed E-state index contributed by atoms with van der Waals surface area (Å²) in [7, 11) is 0. The van der Waals surface area contributed by atoms with Crippen molar-refractivity contribution in [2.75, 3.05) is 0 Å². The molecule has 1 nitrogen and oxygen atoms in total. The highest BCUT2D eigenvalue weighted by Crippen LogP contribution is 2.43. The van der Waals surface area contributed by atoms with Crippen LogP contribution in [0.3, 0.4) is 0 Å². The number of rotatable bonds is 16. The average molecular weight is 719 g/mol. The Morgan fingerprint density at radius 3 is 1.21 bits per heavy atom. The molecular weight excluding hydrogens is 655 g/mol. The van der Waals surface area contributed by atoms with Gasteiger partial charge in [-0.05, 0) is 133 Å². The van der Waals surface area contributed by atoms with E-state index < -0.39 is 12.2 Å². The lowest BCUT2D eigenvalue weighted by molar-refractivity contribution is 0.0270. The van der Waals surface area contributed by atoms with E-state index in [2.05, 4.69) is 88.4 Å². The Kier molecular flexibility index (Phi) is 14.4. The molecule has 2 aliphatic rings. The Balaban J connectivity index is 1.31. The third-order valence-electron chi connectivity index (χ3n) is 12.8. The molecular formula is C50H64F2O. The molecule has 4 aromatic rings. The maximum Gasteiger partial charge on any atom is 0.129 e. The highest BCUT2D eigenvalue weighted by atomic mass is 19.1. The van der Waals surface area contributed by atoms with E-state index in [1.807, 2.05) is 12.1 Å². The SMILES string of the molecule is CCCC[C@H]1CC[C@H](c2ccc(C(OC(c3ccc(CC)cc3)c3ccc([C@H]4CC[C@H](CCCC)CC4)cc3F)c3ccc(CC)cc3)c(F)c2)CC1. The predicted molar refractivity (Wildman–Crippen MR) is 218 cm³/mol. The molecule has 0 aromatic heterocycles. The summed E-state index contributed by atoms with van der Waals surface area (Å²) in [6.45, 7) is 8.81. The zero-order valence-electron chi connectivity index (χ0n) is 33.0. The molecule has 6 rings (SSSR count). The van der Waals surface area contributed by atoms with E-state index in [9.17, 15) is 0 Å². The first-order chi connectivity index (χ1) is 25.9. The minimum atomic E-state index is -0.715. The van der Waals surface area contributed by atoms with Crippen molar-refractivity contribution in [2.24, 2.45) is 11.8 Å². The molecule has 4 aromatic carbocycles. The molecule has 0 saturated heterocycles. The van der Waals surface area contributed by atoms with Crippen LogP contribution in [0, 0.1) is 23.5 Å². The van der Waals surface area contributed by atoms with Crippen LogP contribution in [-0.4, -0.2) is 0 Å². The summed E-state index contributed by atoms with van der Waals surface area (Å²) in [5.41, 5.74) is 7.36. The molecule has 2 unspecified atom stereocenters. The van der Waals surface area contributed by atoms with Crippen LogP contribution >= 0.6 is 0 Å². The van der Waals surface area contributed by atoms with Crippen LogP contribution in [-0.2, 0) is 17.6 Å². The Labute approximate surface area is 320 Å². The lowest BCUT2D eigenvalue weighted by Crippen LogP contribution is -2.17. The minimum absolute atomic E-state index is 0.245. The van der Waals surface area contributed by atoms with Gasteiger partial charge in [0.15, 0.2) is 0 Å². The van der Waals surface area contributed by atoms with Crippen molar-refractivity contribution in [3.8, 4) is 0 Å². The first-order valence-corrected chi connectivity index (χ1v) is 21.3. The number of hydrogen-bond donors (Lipinski definition) is 0. The van der Waals surface area contributed by atoms with Crippen molar-refractivity contribution in [1.82, 2.24) is 0 Å². The second kappa shape index (κ2) is 19.3. The number of halogens is 2. The summed E-state index contributed by atoms with van der Waals surface area (Å²) in [4.78, 5) is 0. The third-order valence-corrected chi connectivity index (χ3v) is 12.8. The van der Waals surface area contributed by atoms with E-state index in [4.69, 9.17) is 4.74 Å².